The van der Waals surface area contributed by atoms with Gasteiger partial charge in [-0.2, -0.15) is 18.2 Å². The molecule has 0 aliphatic carbocycles. The molecule has 0 bridgehead atoms. The third-order valence-corrected chi connectivity index (χ3v) is 4.45. The first-order valence-corrected chi connectivity index (χ1v) is 9.00. The van der Waals surface area contributed by atoms with E-state index in [1.807, 2.05) is 36.4 Å². The Morgan fingerprint density at radius 2 is 1.68 bits per heavy atom. The van der Waals surface area contributed by atoms with Crippen molar-refractivity contribution in [1.82, 2.24) is 9.97 Å². The van der Waals surface area contributed by atoms with E-state index in [1.54, 1.807) is 18.2 Å². The van der Waals surface area contributed by atoms with E-state index in [4.69, 9.17) is 0 Å². The molecule has 28 heavy (non-hydrogen) atoms. The summed E-state index contributed by atoms with van der Waals surface area (Å²) >= 11 is 0. The van der Waals surface area contributed by atoms with Crippen molar-refractivity contribution in [3.8, 4) is 0 Å². The first kappa shape index (κ1) is 19.7. The number of rotatable bonds is 6. The van der Waals surface area contributed by atoms with Crippen LogP contribution in [0.15, 0.2) is 60.8 Å². The molecule has 0 aliphatic heterocycles. The highest BCUT2D eigenvalue weighted by atomic mass is 19.4. The fraction of sp³-hybridized carbons (Fsp3) is 0.238. The molecule has 1 heterocycles. The van der Waals surface area contributed by atoms with Crippen molar-refractivity contribution in [2.45, 2.75) is 32.4 Å². The molecule has 1 atom stereocenters. The van der Waals surface area contributed by atoms with Gasteiger partial charge in [-0.1, -0.05) is 44.2 Å². The first-order chi connectivity index (χ1) is 13.4. The molecule has 146 valence electrons. The zero-order valence-electron chi connectivity index (χ0n) is 15.6. The summed E-state index contributed by atoms with van der Waals surface area (Å²) in [5.74, 6) is 0.103. The minimum absolute atomic E-state index is 0.0831. The van der Waals surface area contributed by atoms with E-state index >= 15 is 0 Å². The summed E-state index contributed by atoms with van der Waals surface area (Å²) in [6.07, 6.45) is -2.84. The van der Waals surface area contributed by atoms with Crippen LogP contribution in [0.4, 0.5) is 36.3 Å². The van der Waals surface area contributed by atoms with Gasteiger partial charge in [0.15, 0.2) is 0 Å². The van der Waals surface area contributed by atoms with E-state index in [0.29, 0.717) is 17.3 Å². The second-order valence-electron chi connectivity index (χ2n) is 6.50. The maximum Gasteiger partial charge on any atom is 0.421 e. The van der Waals surface area contributed by atoms with Gasteiger partial charge in [-0.25, -0.2) is 4.98 Å². The van der Waals surface area contributed by atoms with Crippen molar-refractivity contribution >= 4 is 23.1 Å². The molecule has 1 aromatic heterocycles. The van der Waals surface area contributed by atoms with Crippen LogP contribution in [0.5, 0.6) is 0 Å². The Hall–Kier alpha value is -3.09. The van der Waals surface area contributed by atoms with Crippen LogP contribution in [-0.4, -0.2) is 9.97 Å². The minimum Gasteiger partial charge on any atom is -0.340 e. The van der Waals surface area contributed by atoms with Crippen LogP contribution < -0.4 is 10.6 Å². The average molecular weight is 386 g/mol. The maximum atomic E-state index is 13.4. The Kier molecular flexibility index (Phi) is 5.82. The van der Waals surface area contributed by atoms with Crippen LogP contribution >= 0.6 is 0 Å². The predicted molar refractivity (Wildman–Crippen MR) is 105 cm³/mol. The monoisotopic (exact) mass is 386 g/mol. The molecule has 0 saturated carbocycles. The Morgan fingerprint density at radius 3 is 2.36 bits per heavy atom. The van der Waals surface area contributed by atoms with E-state index in [-0.39, 0.29) is 11.8 Å². The molecule has 0 saturated heterocycles. The smallest absolute Gasteiger partial charge is 0.340 e. The molecular weight excluding hydrogens is 365 g/mol. The summed E-state index contributed by atoms with van der Waals surface area (Å²) in [7, 11) is 0. The van der Waals surface area contributed by atoms with Crippen LogP contribution in [0.25, 0.3) is 0 Å². The molecule has 0 aliphatic rings. The van der Waals surface area contributed by atoms with E-state index in [1.165, 1.54) is 0 Å². The zero-order chi connectivity index (χ0) is 20.1. The molecule has 7 heteroatoms. The van der Waals surface area contributed by atoms with Gasteiger partial charge in [-0.05, 0) is 42.2 Å². The molecule has 3 aromatic rings. The molecular formula is C21H21F3N4. The lowest BCUT2D eigenvalue weighted by Crippen LogP contribution is -2.12. The van der Waals surface area contributed by atoms with Gasteiger partial charge < -0.3 is 10.6 Å². The maximum absolute atomic E-state index is 13.4. The third kappa shape index (κ3) is 4.79. The molecule has 0 spiro atoms. The van der Waals surface area contributed by atoms with Gasteiger partial charge in [-0.3, -0.25) is 0 Å². The summed E-state index contributed by atoms with van der Waals surface area (Å²) in [6, 6.07) is 16.4. The van der Waals surface area contributed by atoms with Gasteiger partial charge in [-0.15, -0.1) is 0 Å². The molecule has 0 radical (unpaired) electrons. The SMILES string of the molecule is CCC(C)c1cccc(Nc2nc(Nc3ccccc3)ncc2C(F)(F)F)c1. The van der Waals surface area contributed by atoms with E-state index in [9.17, 15) is 13.2 Å². The van der Waals surface area contributed by atoms with Gasteiger partial charge in [0.2, 0.25) is 5.95 Å². The number of para-hydroxylation sites is 1. The molecule has 2 aromatic carbocycles. The van der Waals surface area contributed by atoms with Crippen molar-refractivity contribution in [2.24, 2.45) is 0 Å². The molecule has 2 N–H and O–H groups in total. The minimum atomic E-state index is -4.57. The van der Waals surface area contributed by atoms with Crippen molar-refractivity contribution in [3.63, 3.8) is 0 Å². The Labute approximate surface area is 161 Å². The van der Waals surface area contributed by atoms with Gasteiger partial charge in [0.1, 0.15) is 11.4 Å². The lowest BCUT2D eigenvalue weighted by atomic mass is 9.98. The van der Waals surface area contributed by atoms with Gasteiger partial charge >= 0.3 is 6.18 Å². The summed E-state index contributed by atoms with van der Waals surface area (Å²) < 4.78 is 40.3. The van der Waals surface area contributed by atoms with Gasteiger partial charge in [0, 0.05) is 17.6 Å². The summed E-state index contributed by atoms with van der Waals surface area (Å²) in [5, 5.41) is 5.73. The fourth-order valence-corrected chi connectivity index (χ4v) is 2.69. The number of benzene rings is 2. The quantitative estimate of drug-likeness (QED) is 0.508. The molecule has 3 rings (SSSR count). The Bertz CT molecular complexity index is 926. The van der Waals surface area contributed by atoms with Crippen molar-refractivity contribution in [3.05, 3.63) is 71.9 Å². The largest absolute Gasteiger partial charge is 0.421 e. The number of halogens is 3. The fourth-order valence-electron chi connectivity index (χ4n) is 2.69. The molecule has 1 unspecified atom stereocenters. The average Bonchev–Trinajstić information content (AvgIpc) is 2.67. The van der Waals surface area contributed by atoms with E-state index in [0.717, 1.165) is 18.2 Å². The van der Waals surface area contributed by atoms with Crippen LogP contribution in [0.2, 0.25) is 0 Å². The molecule has 0 amide bonds. The Morgan fingerprint density at radius 1 is 0.964 bits per heavy atom. The van der Waals surface area contributed by atoms with Crippen LogP contribution in [0.1, 0.15) is 37.3 Å². The van der Waals surface area contributed by atoms with Gasteiger partial charge in [0.05, 0.1) is 0 Å². The molecule has 0 fully saturated rings. The number of nitrogens with zero attached hydrogens (tertiary/aromatic N) is 2. The normalized spacial score (nSPS) is 12.5. The summed E-state index contributed by atoms with van der Waals surface area (Å²) in [5.41, 5.74) is 1.37. The van der Waals surface area contributed by atoms with Crippen molar-refractivity contribution in [2.75, 3.05) is 10.6 Å². The summed E-state index contributed by atoms with van der Waals surface area (Å²) in [4.78, 5) is 7.89. The number of hydrogen-bond donors (Lipinski definition) is 2. The highest BCUT2D eigenvalue weighted by Gasteiger charge is 2.35. The zero-order valence-corrected chi connectivity index (χ0v) is 15.6. The lowest BCUT2D eigenvalue weighted by Gasteiger charge is -2.16. The highest BCUT2D eigenvalue weighted by molar-refractivity contribution is 5.63. The van der Waals surface area contributed by atoms with Gasteiger partial charge in [0.25, 0.3) is 0 Å². The second-order valence-corrected chi connectivity index (χ2v) is 6.50. The number of aromatic nitrogens is 2. The number of hydrogen-bond acceptors (Lipinski definition) is 4. The topological polar surface area (TPSA) is 49.8 Å². The van der Waals surface area contributed by atoms with Crippen LogP contribution in [-0.2, 0) is 6.18 Å². The second kappa shape index (κ2) is 8.29. The number of alkyl halides is 3. The lowest BCUT2D eigenvalue weighted by molar-refractivity contribution is -0.137. The van der Waals surface area contributed by atoms with Crippen LogP contribution in [0, 0.1) is 0 Å². The number of nitrogens with one attached hydrogen (secondary N) is 2. The summed E-state index contributed by atoms with van der Waals surface area (Å²) in [6.45, 7) is 4.14. The third-order valence-electron chi connectivity index (χ3n) is 4.45. The first-order valence-electron chi connectivity index (χ1n) is 9.00. The highest BCUT2D eigenvalue weighted by Crippen LogP contribution is 2.35. The standard InChI is InChI=1S/C21H21F3N4/c1-3-14(2)15-8-7-11-17(12-15)26-19-18(21(22,23)24)13-25-20(28-19)27-16-9-5-4-6-10-16/h4-14H,3H2,1-2H3,(H2,25,26,27,28). The van der Waals surface area contributed by atoms with E-state index in [2.05, 4.69) is 34.4 Å². The molecule has 4 nitrogen and oxygen atoms in total. The predicted octanol–water partition coefficient (Wildman–Crippen LogP) is 6.50. The van der Waals surface area contributed by atoms with E-state index < -0.39 is 11.7 Å². The van der Waals surface area contributed by atoms with Crippen LogP contribution in [0.3, 0.4) is 0 Å². The van der Waals surface area contributed by atoms with Crippen molar-refractivity contribution in [1.29, 1.82) is 0 Å². The number of anilines is 4. The van der Waals surface area contributed by atoms with Crippen molar-refractivity contribution < 1.29 is 13.2 Å². The Balaban J connectivity index is 1.94.